The van der Waals surface area contributed by atoms with Gasteiger partial charge in [0.15, 0.2) is 0 Å². The predicted molar refractivity (Wildman–Crippen MR) is 165 cm³/mol. The van der Waals surface area contributed by atoms with Crippen LogP contribution in [-0.4, -0.2) is 19.3 Å². The van der Waals surface area contributed by atoms with Crippen molar-refractivity contribution in [1.29, 1.82) is 0 Å². The second-order valence-electron chi connectivity index (χ2n) is 10.6. The fourth-order valence-corrected chi connectivity index (χ4v) is 5.08. The van der Waals surface area contributed by atoms with Gasteiger partial charge in [-0.1, -0.05) is 0 Å². The summed E-state index contributed by atoms with van der Waals surface area (Å²) in [5.74, 6) is 0.330. The number of phenols is 2. The van der Waals surface area contributed by atoms with Gasteiger partial charge in [0.2, 0.25) is 0 Å². The zero-order valence-corrected chi connectivity index (χ0v) is 24.6. The topological polar surface area (TPSA) is 50.3 Å². The van der Waals surface area contributed by atoms with Crippen molar-refractivity contribution < 1.29 is 36.6 Å². The molecule has 2 aromatic heterocycles. The van der Waals surface area contributed by atoms with Crippen LogP contribution in [0.2, 0.25) is 0 Å². The number of benzene rings is 4. The van der Waals surface area contributed by atoms with Gasteiger partial charge in [-0.25, -0.2) is 0 Å². The number of aryl methyl sites for hydroxylation is 2. The van der Waals surface area contributed by atoms with E-state index in [1.54, 1.807) is 48.5 Å². The van der Waals surface area contributed by atoms with Crippen molar-refractivity contribution in [3.8, 4) is 45.4 Å². The maximum absolute atomic E-state index is 12.7. The highest BCUT2D eigenvalue weighted by Gasteiger charge is 2.31. The van der Waals surface area contributed by atoms with Gasteiger partial charge >= 0.3 is 12.4 Å². The van der Waals surface area contributed by atoms with E-state index in [1.165, 1.54) is 24.3 Å². The van der Waals surface area contributed by atoms with Crippen LogP contribution < -0.4 is 0 Å². The molecule has 2 N–H and O–H groups in total. The third-order valence-corrected chi connectivity index (χ3v) is 7.38. The second-order valence-corrected chi connectivity index (χ2v) is 10.6. The van der Waals surface area contributed by atoms with Gasteiger partial charge in [-0.3, -0.25) is 0 Å². The van der Waals surface area contributed by atoms with Gasteiger partial charge in [0.05, 0.1) is 22.5 Å². The maximum Gasteiger partial charge on any atom is 0.416 e. The summed E-state index contributed by atoms with van der Waals surface area (Å²) in [7, 11) is 0. The Morgan fingerprint density at radius 3 is 1.00 bits per heavy atom. The zero-order valence-electron chi connectivity index (χ0n) is 24.6. The highest BCUT2D eigenvalue weighted by molar-refractivity contribution is 5.66. The molecule has 0 bridgehead atoms. The standard InChI is InChI=1S/2C18H14F3NO/c2*1-12-2-11-17(13-3-9-16(23)10-4-13)22(12)15-7-5-14(6-8-15)18(19,20)21/h2*2-11,23H,1H3. The predicted octanol–water partition coefficient (Wildman–Crippen LogP) is 10.4. The molecule has 10 heteroatoms. The Kier molecular flexibility index (Phi) is 8.74. The van der Waals surface area contributed by atoms with E-state index in [0.29, 0.717) is 11.4 Å². The molecule has 6 rings (SSSR count). The van der Waals surface area contributed by atoms with Crippen LogP contribution in [0.1, 0.15) is 22.5 Å². The minimum atomic E-state index is -4.34. The van der Waals surface area contributed by atoms with Crippen LogP contribution in [-0.2, 0) is 12.4 Å². The number of aromatic nitrogens is 2. The third-order valence-electron chi connectivity index (χ3n) is 7.38. The lowest BCUT2D eigenvalue weighted by Crippen LogP contribution is -2.05. The molecule has 0 aliphatic carbocycles. The highest BCUT2D eigenvalue weighted by atomic mass is 19.4. The van der Waals surface area contributed by atoms with Crippen molar-refractivity contribution in [2.45, 2.75) is 26.2 Å². The highest BCUT2D eigenvalue weighted by Crippen LogP contribution is 2.33. The Labute approximate surface area is 261 Å². The molecular weight excluding hydrogens is 606 g/mol. The number of alkyl halides is 6. The summed E-state index contributed by atoms with van der Waals surface area (Å²) < 4.78 is 79.9. The minimum absolute atomic E-state index is 0.165. The molecule has 236 valence electrons. The number of rotatable bonds is 4. The van der Waals surface area contributed by atoms with Crippen molar-refractivity contribution >= 4 is 0 Å². The molecule has 46 heavy (non-hydrogen) atoms. The second kappa shape index (κ2) is 12.5. The lowest BCUT2D eigenvalue weighted by molar-refractivity contribution is -0.138. The summed E-state index contributed by atoms with van der Waals surface area (Å²) in [6, 6.07) is 31.1. The molecular formula is C36H28F6N2O2. The lowest BCUT2D eigenvalue weighted by atomic mass is 10.1. The zero-order chi connectivity index (χ0) is 33.2. The summed E-state index contributed by atoms with van der Waals surface area (Å²) in [4.78, 5) is 0. The van der Waals surface area contributed by atoms with Gasteiger partial charge < -0.3 is 19.3 Å². The SMILES string of the molecule is Cc1ccc(-c2ccc(O)cc2)n1-c1ccc(C(F)(F)F)cc1.Cc1ccc(-c2ccc(O)cc2)n1-c1ccc(C(F)(F)F)cc1. The van der Waals surface area contributed by atoms with Gasteiger partial charge in [-0.05, 0) is 146 Å². The molecule has 0 amide bonds. The van der Waals surface area contributed by atoms with Crippen molar-refractivity contribution in [1.82, 2.24) is 9.13 Å². The van der Waals surface area contributed by atoms with E-state index in [0.717, 1.165) is 58.2 Å². The van der Waals surface area contributed by atoms with E-state index in [4.69, 9.17) is 0 Å². The van der Waals surface area contributed by atoms with Crippen LogP contribution in [0, 0.1) is 13.8 Å². The number of phenolic OH excluding ortho intramolecular Hbond substituents is 2. The average Bonchev–Trinajstić information content (AvgIpc) is 3.60. The van der Waals surface area contributed by atoms with Crippen molar-refractivity contribution in [3.63, 3.8) is 0 Å². The molecule has 4 nitrogen and oxygen atoms in total. The molecule has 2 heterocycles. The molecule has 0 spiro atoms. The summed E-state index contributed by atoms with van der Waals surface area (Å²) in [5, 5.41) is 18.8. The van der Waals surface area contributed by atoms with Gasteiger partial charge in [-0.15, -0.1) is 0 Å². The summed E-state index contributed by atoms with van der Waals surface area (Å²) in [5.41, 5.74) is 5.23. The minimum Gasteiger partial charge on any atom is -0.508 e. The van der Waals surface area contributed by atoms with Crippen LogP contribution in [0.15, 0.2) is 121 Å². The fraction of sp³-hybridized carbons (Fsp3) is 0.111. The quantitative estimate of drug-likeness (QED) is 0.190. The molecule has 0 aliphatic rings. The van der Waals surface area contributed by atoms with E-state index in [-0.39, 0.29) is 11.5 Å². The average molecular weight is 635 g/mol. The molecule has 0 saturated heterocycles. The van der Waals surface area contributed by atoms with E-state index >= 15 is 0 Å². The molecule has 0 unspecified atom stereocenters. The summed E-state index contributed by atoms with van der Waals surface area (Å²) in [6.07, 6.45) is -8.69. The number of nitrogens with zero attached hydrogens (tertiary/aromatic N) is 2. The Bertz CT molecular complexity index is 1770. The first kappa shape index (κ1) is 32.0. The van der Waals surface area contributed by atoms with Crippen LogP contribution in [0.5, 0.6) is 11.5 Å². The van der Waals surface area contributed by atoms with Crippen LogP contribution in [0.4, 0.5) is 26.3 Å². The molecule has 6 aromatic rings. The van der Waals surface area contributed by atoms with Gasteiger partial charge in [0, 0.05) is 22.8 Å². The molecule has 4 aromatic carbocycles. The Hall–Kier alpha value is -5.38. The van der Waals surface area contributed by atoms with E-state index in [2.05, 4.69) is 0 Å². The van der Waals surface area contributed by atoms with E-state index in [1.807, 2.05) is 47.2 Å². The monoisotopic (exact) mass is 634 g/mol. The van der Waals surface area contributed by atoms with Crippen LogP contribution >= 0.6 is 0 Å². The van der Waals surface area contributed by atoms with E-state index < -0.39 is 23.5 Å². The number of hydrogen-bond acceptors (Lipinski definition) is 2. The largest absolute Gasteiger partial charge is 0.508 e. The number of aromatic hydroxyl groups is 2. The number of hydrogen-bond donors (Lipinski definition) is 2. The van der Waals surface area contributed by atoms with Crippen molar-refractivity contribution in [2.75, 3.05) is 0 Å². The maximum atomic E-state index is 12.7. The first-order chi connectivity index (χ1) is 21.7. The van der Waals surface area contributed by atoms with E-state index in [9.17, 15) is 36.6 Å². The molecule has 0 saturated carbocycles. The Morgan fingerprint density at radius 1 is 0.413 bits per heavy atom. The molecule has 0 atom stereocenters. The van der Waals surface area contributed by atoms with Crippen LogP contribution in [0.3, 0.4) is 0 Å². The normalized spacial score (nSPS) is 11.7. The third kappa shape index (κ3) is 6.96. The first-order valence-electron chi connectivity index (χ1n) is 14.0. The van der Waals surface area contributed by atoms with Crippen LogP contribution in [0.25, 0.3) is 33.9 Å². The lowest BCUT2D eigenvalue weighted by Gasteiger charge is -2.14. The van der Waals surface area contributed by atoms with Crippen molar-refractivity contribution in [3.05, 3.63) is 144 Å². The number of halogens is 6. The molecule has 0 aliphatic heterocycles. The summed E-state index contributed by atoms with van der Waals surface area (Å²) >= 11 is 0. The first-order valence-corrected chi connectivity index (χ1v) is 14.0. The van der Waals surface area contributed by atoms with Gasteiger partial charge in [0.1, 0.15) is 11.5 Å². The Morgan fingerprint density at radius 2 is 0.717 bits per heavy atom. The molecule has 0 radical (unpaired) electrons. The smallest absolute Gasteiger partial charge is 0.416 e. The molecule has 0 fully saturated rings. The summed E-state index contributed by atoms with van der Waals surface area (Å²) in [6.45, 7) is 3.78. The van der Waals surface area contributed by atoms with Crippen molar-refractivity contribution in [2.24, 2.45) is 0 Å². The van der Waals surface area contributed by atoms with Gasteiger partial charge in [-0.2, -0.15) is 26.3 Å². The van der Waals surface area contributed by atoms with Gasteiger partial charge in [0.25, 0.3) is 0 Å². The Balaban J connectivity index is 0.000000181. The fourth-order valence-electron chi connectivity index (χ4n) is 5.08.